The molecule has 100 valence electrons. The van der Waals surface area contributed by atoms with Crippen LogP contribution in [0.4, 0.5) is 0 Å². The molecule has 1 saturated heterocycles. The van der Waals surface area contributed by atoms with Crippen molar-refractivity contribution in [3.63, 3.8) is 0 Å². The highest BCUT2D eigenvalue weighted by Gasteiger charge is 2.31. The van der Waals surface area contributed by atoms with Crippen LogP contribution in [-0.4, -0.2) is 36.6 Å². The van der Waals surface area contributed by atoms with Crippen LogP contribution in [0.3, 0.4) is 0 Å². The molecule has 1 aliphatic heterocycles. The van der Waals surface area contributed by atoms with Crippen LogP contribution in [0.15, 0.2) is 0 Å². The molecule has 2 rings (SSSR count). The first kappa shape index (κ1) is 13.4. The summed E-state index contributed by atoms with van der Waals surface area (Å²) in [4.78, 5) is 2.84. The fourth-order valence-corrected chi connectivity index (χ4v) is 3.72. The van der Waals surface area contributed by atoms with Gasteiger partial charge in [0, 0.05) is 31.7 Å². The van der Waals surface area contributed by atoms with Gasteiger partial charge in [0.15, 0.2) is 0 Å². The van der Waals surface area contributed by atoms with Crippen molar-refractivity contribution in [3.8, 4) is 0 Å². The Hall–Kier alpha value is -0.0800. The van der Waals surface area contributed by atoms with E-state index >= 15 is 0 Å². The van der Waals surface area contributed by atoms with Crippen molar-refractivity contribution >= 4 is 0 Å². The van der Waals surface area contributed by atoms with Gasteiger partial charge in [-0.15, -0.1) is 0 Å². The number of piperazine rings is 1. The molecule has 0 radical (unpaired) electrons. The van der Waals surface area contributed by atoms with Gasteiger partial charge in [0.1, 0.15) is 0 Å². The molecular weight excluding hydrogens is 208 g/mol. The lowest BCUT2D eigenvalue weighted by atomic mass is 9.84. The first-order chi connectivity index (χ1) is 8.16. The average Bonchev–Trinajstić information content (AvgIpc) is 2.29. The van der Waals surface area contributed by atoms with Gasteiger partial charge in [0.2, 0.25) is 0 Å². The van der Waals surface area contributed by atoms with Gasteiger partial charge in [-0.25, -0.2) is 0 Å². The summed E-state index contributed by atoms with van der Waals surface area (Å²) in [5, 5.41) is 3.58. The largest absolute Gasteiger partial charge is 0.314 e. The first-order valence-electron chi connectivity index (χ1n) is 7.63. The van der Waals surface area contributed by atoms with E-state index < -0.39 is 0 Å². The van der Waals surface area contributed by atoms with E-state index in [2.05, 4.69) is 31.0 Å². The van der Waals surface area contributed by atoms with E-state index in [0.717, 1.165) is 23.9 Å². The third-order valence-electron chi connectivity index (χ3n) is 4.52. The van der Waals surface area contributed by atoms with Gasteiger partial charge in [-0.1, -0.05) is 33.6 Å². The number of hydrogen-bond acceptors (Lipinski definition) is 2. The SMILES string of the molecule is CC(C)CC1CNCCN1C1CCCC(C)C1. The number of nitrogens with one attached hydrogen (secondary N) is 1. The lowest BCUT2D eigenvalue weighted by molar-refractivity contribution is 0.0595. The third kappa shape index (κ3) is 3.69. The van der Waals surface area contributed by atoms with Crippen LogP contribution in [0.1, 0.15) is 52.9 Å². The van der Waals surface area contributed by atoms with Crippen molar-refractivity contribution in [2.45, 2.75) is 65.0 Å². The molecule has 1 N–H and O–H groups in total. The fourth-order valence-electron chi connectivity index (χ4n) is 3.72. The highest BCUT2D eigenvalue weighted by atomic mass is 15.2. The minimum atomic E-state index is 0.791. The number of nitrogens with zero attached hydrogens (tertiary/aromatic N) is 1. The minimum Gasteiger partial charge on any atom is -0.314 e. The van der Waals surface area contributed by atoms with Gasteiger partial charge in [-0.2, -0.15) is 0 Å². The summed E-state index contributed by atoms with van der Waals surface area (Å²) >= 11 is 0. The zero-order valence-corrected chi connectivity index (χ0v) is 11.9. The molecule has 0 aromatic rings. The smallest absolute Gasteiger partial charge is 0.0226 e. The molecular formula is C15H30N2. The van der Waals surface area contributed by atoms with Gasteiger partial charge in [0.05, 0.1) is 0 Å². The molecule has 3 unspecified atom stereocenters. The van der Waals surface area contributed by atoms with E-state index in [9.17, 15) is 0 Å². The zero-order chi connectivity index (χ0) is 12.3. The standard InChI is InChI=1S/C15H30N2/c1-12(2)9-15-11-16-7-8-17(15)14-6-4-5-13(3)10-14/h12-16H,4-11H2,1-3H3. The Kier molecular flexibility index (Phi) is 4.87. The van der Waals surface area contributed by atoms with E-state index in [1.54, 1.807) is 0 Å². The van der Waals surface area contributed by atoms with E-state index in [4.69, 9.17) is 0 Å². The maximum absolute atomic E-state index is 3.58. The van der Waals surface area contributed by atoms with Crippen LogP contribution >= 0.6 is 0 Å². The van der Waals surface area contributed by atoms with Crippen LogP contribution in [0.5, 0.6) is 0 Å². The van der Waals surface area contributed by atoms with Crippen molar-refractivity contribution in [2.24, 2.45) is 11.8 Å². The Morgan fingerprint density at radius 2 is 2.12 bits per heavy atom. The molecule has 1 heterocycles. The van der Waals surface area contributed by atoms with Crippen molar-refractivity contribution in [1.29, 1.82) is 0 Å². The number of hydrogen-bond donors (Lipinski definition) is 1. The maximum Gasteiger partial charge on any atom is 0.0226 e. The molecule has 3 atom stereocenters. The second-order valence-corrected chi connectivity index (χ2v) is 6.65. The maximum atomic E-state index is 3.58. The Balaban J connectivity index is 1.94. The fraction of sp³-hybridized carbons (Fsp3) is 1.00. The molecule has 0 bridgehead atoms. The molecule has 17 heavy (non-hydrogen) atoms. The molecule has 0 spiro atoms. The van der Waals surface area contributed by atoms with E-state index in [1.165, 1.54) is 51.7 Å². The van der Waals surface area contributed by atoms with Crippen LogP contribution in [0.2, 0.25) is 0 Å². The first-order valence-corrected chi connectivity index (χ1v) is 7.63. The molecule has 1 aliphatic carbocycles. The summed E-state index contributed by atoms with van der Waals surface area (Å²) in [6, 6.07) is 1.67. The average molecular weight is 238 g/mol. The van der Waals surface area contributed by atoms with Crippen molar-refractivity contribution in [1.82, 2.24) is 10.2 Å². The summed E-state index contributed by atoms with van der Waals surface area (Å²) in [5.41, 5.74) is 0. The van der Waals surface area contributed by atoms with Crippen LogP contribution in [0.25, 0.3) is 0 Å². The molecule has 0 amide bonds. The quantitative estimate of drug-likeness (QED) is 0.813. The topological polar surface area (TPSA) is 15.3 Å². The van der Waals surface area contributed by atoms with Crippen molar-refractivity contribution < 1.29 is 0 Å². The van der Waals surface area contributed by atoms with Crippen LogP contribution in [0, 0.1) is 11.8 Å². The number of rotatable bonds is 3. The minimum absolute atomic E-state index is 0.791. The molecule has 1 saturated carbocycles. The Morgan fingerprint density at radius 3 is 2.82 bits per heavy atom. The van der Waals surface area contributed by atoms with Gasteiger partial charge < -0.3 is 5.32 Å². The monoisotopic (exact) mass is 238 g/mol. The summed E-state index contributed by atoms with van der Waals surface area (Å²) in [7, 11) is 0. The van der Waals surface area contributed by atoms with E-state index in [1.807, 2.05) is 0 Å². The molecule has 2 heteroatoms. The normalized spacial score (nSPS) is 36.4. The Labute approximate surface area is 107 Å². The second kappa shape index (κ2) is 6.19. The van der Waals surface area contributed by atoms with Crippen LogP contribution < -0.4 is 5.32 Å². The summed E-state index contributed by atoms with van der Waals surface area (Å²) in [6.07, 6.45) is 7.15. The predicted octanol–water partition coefficient (Wildman–Crippen LogP) is 2.89. The van der Waals surface area contributed by atoms with Gasteiger partial charge in [0.25, 0.3) is 0 Å². The van der Waals surface area contributed by atoms with Crippen molar-refractivity contribution in [3.05, 3.63) is 0 Å². The van der Waals surface area contributed by atoms with Crippen molar-refractivity contribution in [2.75, 3.05) is 19.6 Å². The van der Waals surface area contributed by atoms with Gasteiger partial charge in [-0.05, 0) is 31.1 Å². The summed E-state index contributed by atoms with van der Waals surface area (Å²) < 4.78 is 0. The molecule has 0 aromatic carbocycles. The van der Waals surface area contributed by atoms with E-state index in [-0.39, 0.29) is 0 Å². The Bertz CT molecular complexity index is 219. The summed E-state index contributed by atoms with van der Waals surface area (Å²) in [6.45, 7) is 10.8. The lowest BCUT2D eigenvalue weighted by Gasteiger charge is -2.44. The Morgan fingerprint density at radius 1 is 1.29 bits per heavy atom. The summed E-state index contributed by atoms with van der Waals surface area (Å²) in [5.74, 6) is 1.77. The molecule has 0 aromatic heterocycles. The highest BCUT2D eigenvalue weighted by molar-refractivity contribution is 4.88. The van der Waals surface area contributed by atoms with Gasteiger partial charge in [-0.3, -0.25) is 4.90 Å². The lowest BCUT2D eigenvalue weighted by Crippen LogP contribution is -2.56. The third-order valence-corrected chi connectivity index (χ3v) is 4.52. The predicted molar refractivity (Wildman–Crippen MR) is 74.2 cm³/mol. The zero-order valence-electron chi connectivity index (χ0n) is 11.9. The van der Waals surface area contributed by atoms with Crippen LogP contribution in [-0.2, 0) is 0 Å². The highest BCUT2D eigenvalue weighted by Crippen LogP contribution is 2.30. The molecule has 2 aliphatic rings. The van der Waals surface area contributed by atoms with Gasteiger partial charge >= 0.3 is 0 Å². The second-order valence-electron chi connectivity index (χ2n) is 6.65. The molecule has 2 nitrogen and oxygen atoms in total. The van der Waals surface area contributed by atoms with E-state index in [0.29, 0.717) is 0 Å². The molecule has 2 fully saturated rings.